The summed E-state index contributed by atoms with van der Waals surface area (Å²) in [4.78, 5) is 0. The molecule has 0 bridgehead atoms. The van der Waals surface area contributed by atoms with E-state index in [1.807, 2.05) is 30.3 Å². The highest BCUT2D eigenvalue weighted by atomic mass is 14.0. The van der Waals surface area contributed by atoms with Gasteiger partial charge in [0.1, 0.15) is 0 Å². The van der Waals surface area contributed by atoms with Crippen molar-refractivity contribution in [3.8, 4) is 11.8 Å². The molecule has 0 amide bonds. The third-order valence-corrected chi connectivity index (χ3v) is 2.72. The van der Waals surface area contributed by atoms with Gasteiger partial charge in [0.05, 0.1) is 0 Å². The summed E-state index contributed by atoms with van der Waals surface area (Å²) in [5.74, 6) is 7.06. The SMILES string of the molecule is CC(C)Cc1ccc(C#Cc2ccccc2)cc1. The van der Waals surface area contributed by atoms with Gasteiger partial charge in [0, 0.05) is 11.1 Å². The monoisotopic (exact) mass is 234 g/mol. The Labute approximate surface area is 110 Å². The Balaban J connectivity index is 2.09. The summed E-state index contributed by atoms with van der Waals surface area (Å²) in [7, 11) is 0. The molecule has 18 heavy (non-hydrogen) atoms. The van der Waals surface area contributed by atoms with Gasteiger partial charge in [-0.05, 0) is 42.2 Å². The molecule has 0 fully saturated rings. The van der Waals surface area contributed by atoms with E-state index in [2.05, 4.69) is 50.0 Å². The first-order valence-electron chi connectivity index (χ1n) is 6.40. The minimum absolute atomic E-state index is 0.700. The number of benzene rings is 2. The van der Waals surface area contributed by atoms with Crippen LogP contribution in [-0.4, -0.2) is 0 Å². The molecule has 0 saturated heterocycles. The quantitative estimate of drug-likeness (QED) is 0.680. The standard InChI is InChI=1S/C18H18/c1-15(2)14-18-12-10-17(11-13-18)9-8-16-6-4-3-5-7-16/h3-7,10-13,15H,14H2,1-2H3. The fourth-order valence-electron chi connectivity index (χ4n) is 1.86. The predicted molar refractivity (Wildman–Crippen MR) is 77.4 cm³/mol. The molecule has 0 heterocycles. The van der Waals surface area contributed by atoms with Crippen LogP contribution in [0.1, 0.15) is 30.5 Å². The van der Waals surface area contributed by atoms with Crippen molar-refractivity contribution in [3.05, 3.63) is 71.3 Å². The van der Waals surface area contributed by atoms with Gasteiger partial charge in [-0.2, -0.15) is 0 Å². The van der Waals surface area contributed by atoms with E-state index in [0.717, 1.165) is 17.5 Å². The molecule has 2 rings (SSSR count). The Hall–Kier alpha value is -2.00. The third kappa shape index (κ3) is 3.79. The second-order valence-corrected chi connectivity index (χ2v) is 4.91. The lowest BCUT2D eigenvalue weighted by Crippen LogP contribution is -1.93. The van der Waals surface area contributed by atoms with Gasteiger partial charge in [-0.25, -0.2) is 0 Å². The number of rotatable bonds is 2. The highest BCUT2D eigenvalue weighted by molar-refractivity contribution is 5.43. The van der Waals surface area contributed by atoms with Crippen LogP contribution in [0.5, 0.6) is 0 Å². The molecule has 0 aromatic heterocycles. The zero-order valence-corrected chi connectivity index (χ0v) is 11.0. The van der Waals surface area contributed by atoms with Crippen LogP contribution in [0.25, 0.3) is 0 Å². The summed E-state index contributed by atoms with van der Waals surface area (Å²) in [6.45, 7) is 4.48. The summed E-state index contributed by atoms with van der Waals surface area (Å²) >= 11 is 0. The van der Waals surface area contributed by atoms with E-state index < -0.39 is 0 Å². The van der Waals surface area contributed by atoms with Crippen molar-refractivity contribution in [1.29, 1.82) is 0 Å². The number of hydrogen-bond acceptors (Lipinski definition) is 0. The first-order chi connectivity index (χ1) is 8.74. The van der Waals surface area contributed by atoms with E-state index in [-0.39, 0.29) is 0 Å². The first-order valence-corrected chi connectivity index (χ1v) is 6.40. The van der Waals surface area contributed by atoms with Crippen LogP contribution in [0.4, 0.5) is 0 Å². The van der Waals surface area contributed by atoms with Crippen molar-refractivity contribution in [1.82, 2.24) is 0 Å². The van der Waals surface area contributed by atoms with Crippen LogP contribution >= 0.6 is 0 Å². The molecule has 0 spiro atoms. The smallest absolute Gasteiger partial charge is 0.0249 e. The summed E-state index contributed by atoms with van der Waals surface area (Å²) in [6.07, 6.45) is 1.13. The summed E-state index contributed by atoms with van der Waals surface area (Å²) < 4.78 is 0. The lowest BCUT2D eigenvalue weighted by Gasteiger charge is -2.04. The second-order valence-electron chi connectivity index (χ2n) is 4.91. The fourth-order valence-corrected chi connectivity index (χ4v) is 1.86. The lowest BCUT2D eigenvalue weighted by atomic mass is 10.0. The molecule has 0 aliphatic rings. The van der Waals surface area contributed by atoms with Gasteiger partial charge >= 0.3 is 0 Å². The van der Waals surface area contributed by atoms with E-state index >= 15 is 0 Å². The maximum atomic E-state index is 3.19. The van der Waals surface area contributed by atoms with Crippen LogP contribution < -0.4 is 0 Å². The topological polar surface area (TPSA) is 0 Å². The molecule has 2 aromatic rings. The molecule has 0 nitrogen and oxygen atoms in total. The van der Waals surface area contributed by atoms with E-state index in [1.54, 1.807) is 0 Å². The van der Waals surface area contributed by atoms with Crippen LogP contribution in [0.2, 0.25) is 0 Å². The van der Waals surface area contributed by atoms with Crippen LogP contribution in [0.3, 0.4) is 0 Å². The van der Waals surface area contributed by atoms with E-state index in [1.165, 1.54) is 5.56 Å². The maximum Gasteiger partial charge on any atom is 0.0249 e. The molecule has 0 radical (unpaired) electrons. The van der Waals surface area contributed by atoms with Crippen molar-refractivity contribution in [2.75, 3.05) is 0 Å². The van der Waals surface area contributed by atoms with Crippen molar-refractivity contribution >= 4 is 0 Å². The molecular formula is C18H18. The van der Waals surface area contributed by atoms with Crippen LogP contribution in [0, 0.1) is 17.8 Å². The Morgan fingerprint density at radius 2 is 1.33 bits per heavy atom. The van der Waals surface area contributed by atoms with E-state index in [4.69, 9.17) is 0 Å². The van der Waals surface area contributed by atoms with E-state index in [0.29, 0.717) is 5.92 Å². The van der Waals surface area contributed by atoms with Crippen molar-refractivity contribution in [2.45, 2.75) is 20.3 Å². The first kappa shape index (κ1) is 12.5. The molecule has 0 unspecified atom stereocenters. The van der Waals surface area contributed by atoms with Crippen molar-refractivity contribution < 1.29 is 0 Å². The zero-order chi connectivity index (χ0) is 12.8. The molecule has 0 N–H and O–H groups in total. The molecule has 0 atom stereocenters. The van der Waals surface area contributed by atoms with Crippen molar-refractivity contribution in [2.24, 2.45) is 5.92 Å². The van der Waals surface area contributed by atoms with E-state index in [9.17, 15) is 0 Å². The summed E-state index contributed by atoms with van der Waals surface area (Å²) in [6, 6.07) is 18.6. The Morgan fingerprint density at radius 1 is 0.778 bits per heavy atom. The summed E-state index contributed by atoms with van der Waals surface area (Å²) in [5.41, 5.74) is 3.52. The largest absolute Gasteiger partial charge is 0.0625 e. The lowest BCUT2D eigenvalue weighted by molar-refractivity contribution is 0.647. The third-order valence-electron chi connectivity index (χ3n) is 2.72. The average molecular weight is 234 g/mol. The maximum absolute atomic E-state index is 3.19. The zero-order valence-electron chi connectivity index (χ0n) is 11.0. The van der Waals surface area contributed by atoms with Crippen molar-refractivity contribution in [3.63, 3.8) is 0 Å². The average Bonchev–Trinajstić information content (AvgIpc) is 2.38. The van der Waals surface area contributed by atoms with Gasteiger partial charge in [0.15, 0.2) is 0 Å². The van der Waals surface area contributed by atoms with Gasteiger partial charge < -0.3 is 0 Å². The van der Waals surface area contributed by atoms with Crippen LogP contribution in [-0.2, 0) is 6.42 Å². The highest BCUT2D eigenvalue weighted by Crippen LogP contribution is 2.09. The van der Waals surface area contributed by atoms with Gasteiger partial charge in [-0.1, -0.05) is 56.0 Å². The van der Waals surface area contributed by atoms with Gasteiger partial charge in [-0.3, -0.25) is 0 Å². The predicted octanol–water partition coefficient (Wildman–Crippen LogP) is 4.28. The minimum Gasteiger partial charge on any atom is -0.0625 e. The molecule has 0 aliphatic heterocycles. The molecular weight excluding hydrogens is 216 g/mol. The molecule has 90 valence electrons. The minimum atomic E-state index is 0.700. The molecule has 2 aromatic carbocycles. The highest BCUT2D eigenvalue weighted by Gasteiger charge is 1.96. The molecule has 0 heteroatoms. The summed E-state index contributed by atoms with van der Waals surface area (Å²) in [5, 5.41) is 0. The molecule has 0 saturated carbocycles. The second kappa shape index (κ2) is 6.07. The molecule has 0 aliphatic carbocycles. The normalized spacial score (nSPS) is 9.94. The van der Waals surface area contributed by atoms with Gasteiger partial charge in [0.2, 0.25) is 0 Å². The fraction of sp³-hybridized carbons (Fsp3) is 0.222. The van der Waals surface area contributed by atoms with Gasteiger partial charge in [-0.15, -0.1) is 0 Å². The Morgan fingerprint density at radius 3 is 1.89 bits per heavy atom. The Bertz CT molecular complexity index is 536. The van der Waals surface area contributed by atoms with Gasteiger partial charge in [0.25, 0.3) is 0 Å². The Kier molecular flexibility index (Phi) is 4.20. The number of hydrogen-bond donors (Lipinski definition) is 0. The van der Waals surface area contributed by atoms with Crippen LogP contribution in [0.15, 0.2) is 54.6 Å².